The van der Waals surface area contributed by atoms with Crippen LogP contribution in [0.15, 0.2) is 48.5 Å². The Morgan fingerprint density at radius 3 is 2.77 bits per heavy atom. The number of halogens is 1. The molecule has 3 rings (SSSR count). The molecule has 0 aliphatic carbocycles. The van der Waals surface area contributed by atoms with Crippen LogP contribution in [-0.4, -0.2) is 9.55 Å². The van der Waals surface area contributed by atoms with Crippen molar-refractivity contribution in [3.05, 3.63) is 64.9 Å². The van der Waals surface area contributed by atoms with Gasteiger partial charge in [-0.25, -0.2) is 4.98 Å². The van der Waals surface area contributed by atoms with Crippen molar-refractivity contribution in [3.8, 4) is 0 Å². The molecule has 1 heterocycles. The van der Waals surface area contributed by atoms with Gasteiger partial charge in [-0.1, -0.05) is 42.8 Å². The molecule has 0 fully saturated rings. The van der Waals surface area contributed by atoms with E-state index in [4.69, 9.17) is 16.6 Å². The number of nitrogens with one attached hydrogen (secondary N) is 1. The molecule has 0 saturated heterocycles. The topological polar surface area (TPSA) is 29.9 Å². The molecule has 1 aromatic heterocycles. The minimum absolute atomic E-state index is 0.751. The van der Waals surface area contributed by atoms with Gasteiger partial charge in [0.1, 0.15) is 5.82 Å². The van der Waals surface area contributed by atoms with E-state index in [1.165, 1.54) is 11.1 Å². The average molecular weight is 314 g/mol. The Kier molecular flexibility index (Phi) is 4.76. The normalized spacial score (nSPS) is 11.2. The van der Waals surface area contributed by atoms with E-state index in [1.807, 2.05) is 24.3 Å². The Balaban J connectivity index is 1.74. The lowest BCUT2D eigenvalue weighted by Gasteiger charge is -2.09. The van der Waals surface area contributed by atoms with Gasteiger partial charge in [-0.05, 0) is 36.2 Å². The number of hydrogen-bond acceptors (Lipinski definition) is 2. The van der Waals surface area contributed by atoms with Crippen molar-refractivity contribution < 1.29 is 0 Å². The molecule has 0 aliphatic heterocycles. The Morgan fingerprint density at radius 2 is 1.95 bits per heavy atom. The van der Waals surface area contributed by atoms with Gasteiger partial charge in [-0.15, -0.1) is 0 Å². The first kappa shape index (κ1) is 15.1. The summed E-state index contributed by atoms with van der Waals surface area (Å²) >= 11 is 6.02. The molecule has 0 amide bonds. The monoisotopic (exact) mass is 313 g/mol. The molecular formula is C18H20ClN3. The molecule has 0 unspecified atom stereocenters. The molecule has 0 aliphatic rings. The Morgan fingerprint density at radius 1 is 1.09 bits per heavy atom. The lowest BCUT2D eigenvalue weighted by molar-refractivity contribution is 0.598. The number of fused-ring (bicyclic) bond motifs is 1. The molecule has 3 nitrogen and oxygen atoms in total. The number of benzene rings is 2. The summed E-state index contributed by atoms with van der Waals surface area (Å²) in [4.78, 5) is 4.75. The zero-order valence-corrected chi connectivity index (χ0v) is 13.5. The molecule has 2 aromatic carbocycles. The zero-order chi connectivity index (χ0) is 15.4. The zero-order valence-electron chi connectivity index (χ0n) is 12.7. The van der Waals surface area contributed by atoms with E-state index >= 15 is 0 Å². The van der Waals surface area contributed by atoms with Crippen molar-refractivity contribution in [2.24, 2.45) is 0 Å². The van der Waals surface area contributed by atoms with Gasteiger partial charge >= 0.3 is 0 Å². The van der Waals surface area contributed by atoms with E-state index in [2.05, 4.69) is 41.1 Å². The van der Waals surface area contributed by atoms with E-state index in [0.717, 1.165) is 42.4 Å². The third kappa shape index (κ3) is 3.32. The first-order valence-electron chi connectivity index (χ1n) is 7.67. The van der Waals surface area contributed by atoms with Crippen molar-refractivity contribution >= 4 is 22.6 Å². The van der Waals surface area contributed by atoms with Gasteiger partial charge in [0.05, 0.1) is 17.6 Å². The van der Waals surface area contributed by atoms with Crippen LogP contribution in [0.25, 0.3) is 11.0 Å². The fourth-order valence-electron chi connectivity index (χ4n) is 2.70. The van der Waals surface area contributed by atoms with Crippen LogP contribution in [0.3, 0.4) is 0 Å². The molecule has 0 bridgehead atoms. The van der Waals surface area contributed by atoms with E-state index in [1.54, 1.807) is 0 Å². The molecule has 0 atom stereocenters. The molecular weight excluding hydrogens is 294 g/mol. The maximum absolute atomic E-state index is 6.02. The summed E-state index contributed by atoms with van der Waals surface area (Å²) in [6, 6.07) is 16.3. The predicted molar refractivity (Wildman–Crippen MR) is 92.0 cm³/mol. The second-order valence-corrected chi connectivity index (χ2v) is 5.84. The van der Waals surface area contributed by atoms with Crippen LogP contribution in [-0.2, 0) is 19.6 Å². The van der Waals surface area contributed by atoms with Crippen molar-refractivity contribution in [3.63, 3.8) is 0 Å². The Labute approximate surface area is 135 Å². The fourth-order valence-corrected chi connectivity index (χ4v) is 2.91. The SMILES string of the molecule is CCCn1c(CNCc2cccc(Cl)c2)nc2ccccc21. The van der Waals surface area contributed by atoms with Gasteiger partial charge in [0.2, 0.25) is 0 Å². The second-order valence-electron chi connectivity index (χ2n) is 5.40. The largest absolute Gasteiger partial charge is 0.327 e. The third-order valence-corrected chi connectivity index (χ3v) is 3.92. The number of aryl methyl sites for hydroxylation is 1. The van der Waals surface area contributed by atoms with Crippen LogP contribution in [0.1, 0.15) is 24.7 Å². The number of para-hydroxylation sites is 2. The Hall–Kier alpha value is -1.84. The number of aromatic nitrogens is 2. The van der Waals surface area contributed by atoms with Crippen LogP contribution < -0.4 is 5.32 Å². The highest BCUT2D eigenvalue weighted by Crippen LogP contribution is 2.17. The van der Waals surface area contributed by atoms with Crippen LogP contribution in [0.4, 0.5) is 0 Å². The molecule has 0 spiro atoms. The molecule has 0 saturated carbocycles. The first-order valence-corrected chi connectivity index (χ1v) is 8.05. The molecule has 3 aromatic rings. The lowest BCUT2D eigenvalue weighted by atomic mass is 10.2. The van der Waals surface area contributed by atoms with E-state index in [-0.39, 0.29) is 0 Å². The highest BCUT2D eigenvalue weighted by atomic mass is 35.5. The third-order valence-electron chi connectivity index (χ3n) is 3.68. The van der Waals surface area contributed by atoms with Crippen molar-refractivity contribution in [1.29, 1.82) is 0 Å². The van der Waals surface area contributed by atoms with E-state index in [9.17, 15) is 0 Å². The minimum Gasteiger partial charge on any atom is -0.327 e. The van der Waals surface area contributed by atoms with Crippen molar-refractivity contribution in [2.75, 3.05) is 0 Å². The van der Waals surface area contributed by atoms with Gasteiger partial charge in [0.15, 0.2) is 0 Å². The summed E-state index contributed by atoms with van der Waals surface area (Å²) in [6.45, 7) is 4.73. The quantitative estimate of drug-likeness (QED) is 0.731. The minimum atomic E-state index is 0.751. The van der Waals surface area contributed by atoms with Crippen LogP contribution in [0, 0.1) is 0 Å². The summed E-state index contributed by atoms with van der Waals surface area (Å²) in [7, 11) is 0. The summed E-state index contributed by atoms with van der Waals surface area (Å²) in [5.41, 5.74) is 3.46. The van der Waals surface area contributed by atoms with Crippen LogP contribution >= 0.6 is 11.6 Å². The summed E-state index contributed by atoms with van der Waals surface area (Å²) < 4.78 is 2.31. The summed E-state index contributed by atoms with van der Waals surface area (Å²) in [5.74, 6) is 1.09. The highest BCUT2D eigenvalue weighted by Gasteiger charge is 2.09. The Bertz CT molecular complexity index is 764. The van der Waals surface area contributed by atoms with Gasteiger partial charge in [0, 0.05) is 18.1 Å². The molecule has 1 N–H and O–H groups in total. The van der Waals surface area contributed by atoms with Crippen LogP contribution in [0.5, 0.6) is 0 Å². The first-order chi connectivity index (χ1) is 10.8. The number of hydrogen-bond donors (Lipinski definition) is 1. The standard InChI is InChI=1S/C18H20ClN3/c1-2-10-22-17-9-4-3-8-16(17)21-18(22)13-20-12-14-6-5-7-15(19)11-14/h3-9,11,20H,2,10,12-13H2,1H3. The van der Waals surface area contributed by atoms with Gasteiger partial charge in [-0.2, -0.15) is 0 Å². The van der Waals surface area contributed by atoms with E-state index in [0.29, 0.717) is 0 Å². The summed E-state index contributed by atoms with van der Waals surface area (Å²) in [6.07, 6.45) is 1.10. The van der Waals surface area contributed by atoms with Crippen molar-refractivity contribution in [1.82, 2.24) is 14.9 Å². The van der Waals surface area contributed by atoms with Gasteiger partial charge in [0.25, 0.3) is 0 Å². The smallest absolute Gasteiger partial charge is 0.123 e. The maximum atomic E-state index is 6.02. The lowest BCUT2D eigenvalue weighted by Crippen LogP contribution is -2.16. The fraction of sp³-hybridized carbons (Fsp3) is 0.278. The van der Waals surface area contributed by atoms with Gasteiger partial charge in [-0.3, -0.25) is 0 Å². The molecule has 4 heteroatoms. The highest BCUT2D eigenvalue weighted by molar-refractivity contribution is 6.30. The molecule has 22 heavy (non-hydrogen) atoms. The van der Waals surface area contributed by atoms with Gasteiger partial charge < -0.3 is 9.88 Å². The molecule has 114 valence electrons. The van der Waals surface area contributed by atoms with Crippen molar-refractivity contribution in [2.45, 2.75) is 33.0 Å². The molecule has 0 radical (unpaired) electrons. The predicted octanol–water partition coefficient (Wildman–Crippen LogP) is 4.39. The number of rotatable bonds is 6. The summed E-state index contributed by atoms with van der Waals surface area (Å²) in [5, 5.41) is 4.24. The van der Waals surface area contributed by atoms with E-state index < -0.39 is 0 Å². The number of imidazole rings is 1. The maximum Gasteiger partial charge on any atom is 0.123 e. The average Bonchev–Trinajstić information content (AvgIpc) is 2.86. The van der Waals surface area contributed by atoms with Crippen LogP contribution in [0.2, 0.25) is 5.02 Å². The second kappa shape index (κ2) is 6.95. The number of nitrogens with zero attached hydrogens (tertiary/aromatic N) is 2.